The van der Waals surface area contributed by atoms with Gasteiger partial charge in [0.2, 0.25) is 5.91 Å². The molecule has 2 saturated heterocycles. The maximum atomic E-state index is 11.5. The Labute approximate surface area is 169 Å². The van der Waals surface area contributed by atoms with Gasteiger partial charge in [-0.1, -0.05) is 12.1 Å². The van der Waals surface area contributed by atoms with Crippen LogP contribution >= 0.6 is 0 Å². The maximum absolute atomic E-state index is 11.5. The number of nitrogens with zero attached hydrogens (tertiary/aromatic N) is 1. The first-order valence-corrected chi connectivity index (χ1v) is 10.1. The number of amides is 1. The molecule has 28 heavy (non-hydrogen) atoms. The van der Waals surface area contributed by atoms with Gasteiger partial charge in [-0.25, -0.2) is 0 Å². The van der Waals surface area contributed by atoms with E-state index >= 15 is 0 Å². The summed E-state index contributed by atoms with van der Waals surface area (Å²) in [7, 11) is 1.30. The minimum Gasteiger partial charge on any atom is -0.496 e. The van der Waals surface area contributed by atoms with Crippen molar-refractivity contribution in [2.24, 2.45) is 0 Å². The van der Waals surface area contributed by atoms with E-state index < -0.39 is 7.12 Å². The molecular weight excluding hydrogens is 355 g/mol. The average molecular weight is 388 g/mol. The van der Waals surface area contributed by atoms with Gasteiger partial charge in [0.25, 0.3) is 0 Å². The summed E-state index contributed by atoms with van der Waals surface area (Å²) in [5, 5.41) is 3.61. The number of carbonyl (C=O) groups is 1. The van der Waals surface area contributed by atoms with E-state index in [-0.39, 0.29) is 17.1 Å². The molecule has 0 saturated carbocycles. The fourth-order valence-electron chi connectivity index (χ4n) is 3.69. The summed E-state index contributed by atoms with van der Waals surface area (Å²) in [6, 6.07) is 6.57. The first-order chi connectivity index (χ1) is 13.1. The highest BCUT2D eigenvalue weighted by Gasteiger charge is 2.51. The molecule has 1 amide bonds. The van der Waals surface area contributed by atoms with Crippen LogP contribution in [0.5, 0.6) is 5.75 Å². The largest absolute Gasteiger partial charge is 0.496 e. The Kier molecular flexibility index (Phi) is 6.08. The second kappa shape index (κ2) is 8.05. The molecule has 2 aliphatic heterocycles. The highest BCUT2D eigenvalue weighted by molar-refractivity contribution is 6.62. The van der Waals surface area contributed by atoms with Crippen molar-refractivity contribution in [1.82, 2.24) is 10.2 Å². The Morgan fingerprint density at radius 2 is 1.82 bits per heavy atom. The maximum Gasteiger partial charge on any atom is 0.494 e. The lowest BCUT2D eigenvalue weighted by Gasteiger charge is -2.32. The lowest BCUT2D eigenvalue weighted by atomic mass is 9.78. The lowest BCUT2D eigenvalue weighted by molar-refractivity contribution is -0.129. The van der Waals surface area contributed by atoms with E-state index in [1.165, 1.54) is 0 Å². The van der Waals surface area contributed by atoms with Gasteiger partial charge in [0, 0.05) is 38.2 Å². The van der Waals surface area contributed by atoms with Gasteiger partial charge < -0.3 is 24.3 Å². The summed E-state index contributed by atoms with van der Waals surface area (Å²) >= 11 is 0. The number of ether oxygens (including phenoxy) is 1. The van der Waals surface area contributed by atoms with Crippen molar-refractivity contribution in [1.29, 1.82) is 0 Å². The summed E-state index contributed by atoms with van der Waals surface area (Å²) in [6.07, 6.45) is 1.96. The molecule has 6 nitrogen and oxygen atoms in total. The zero-order chi connectivity index (χ0) is 20.5. The van der Waals surface area contributed by atoms with Crippen LogP contribution in [-0.4, -0.2) is 55.4 Å². The van der Waals surface area contributed by atoms with Crippen molar-refractivity contribution < 1.29 is 18.8 Å². The second-order valence-electron chi connectivity index (χ2n) is 8.82. The Hall–Kier alpha value is -1.57. The molecule has 0 aromatic heterocycles. The van der Waals surface area contributed by atoms with Gasteiger partial charge in [-0.2, -0.15) is 0 Å². The van der Waals surface area contributed by atoms with E-state index in [1.807, 2.05) is 11.0 Å². The van der Waals surface area contributed by atoms with E-state index in [1.54, 1.807) is 14.0 Å². The number of carbonyl (C=O) groups excluding carboxylic acids is 1. The Morgan fingerprint density at radius 1 is 1.21 bits per heavy atom. The van der Waals surface area contributed by atoms with E-state index in [4.69, 9.17) is 14.0 Å². The van der Waals surface area contributed by atoms with Gasteiger partial charge in [0.05, 0.1) is 18.3 Å². The van der Waals surface area contributed by atoms with Crippen molar-refractivity contribution in [3.8, 4) is 5.75 Å². The summed E-state index contributed by atoms with van der Waals surface area (Å²) in [5.74, 6) is 0.999. The van der Waals surface area contributed by atoms with Crippen molar-refractivity contribution in [3.05, 3.63) is 23.8 Å². The van der Waals surface area contributed by atoms with E-state index in [0.717, 1.165) is 49.3 Å². The molecule has 154 valence electrons. The molecule has 1 aromatic rings. The number of nitrogens with one attached hydrogen (secondary N) is 1. The molecule has 0 atom stereocenters. The van der Waals surface area contributed by atoms with Gasteiger partial charge in [0.1, 0.15) is 5.75 Å². The van der Waals surface area contributed by atoms with Gasteiger partial charge >= 0.3 is 7.12 Å². The molecule has 2 aliphatic rings. The SMILES string of the molecule is COc1cc(B2OC(C)(C)C(C)(C)O2)ccc1CNC1CCN(C(C)=O)CC1. The summed E-state index contributed by atoms with van der Waals surface area (Å²) < 4.78 is 17.9. The molecule has 1 aromatic carbocycles. The van der Waals surface area contributed by atoms with E-state index in [0.29, 0.717) is 6.04 Å². The number of piperidine rings is 1. The summed E-state index contributed by atoms with van der Waals surface area (Å²) in [5.41, 5.74) is 1.35. The van der Waals surface area contributed by atoms with Crippen LogP contribution in [0.15, 0.2) is 18.2 Å². The Balaban J connectivity index is 1.62. The number of rotatable bonds is 5. The van der Waals surface area contributed by atoms with Crippen molar-refractivity contribution >= 4 is 18.5 Å². The van der Waals surface area contributed by atoms with Crippen LogP contribution in [0, 0.1) is 0 Å². The third kappa shape index (κ3) is 4.37. The molecule has 1 N–H and O–H groups in total. The van der Waals surface area contributed by atoms with Crippen molar-refractivity contribution in [2.45, 2.75) is 71.2 Å². The lowest BCUT2D eigenvalue weighted by Crippen LogP contribution is -2.44. The van der Waals surface area contributed by atoms with Crippen LogP contribution in [0.1, 0.15) is 53.0 Å². The molecule has 3 rings (SSSR count). The van der Waals surface area contributed by atoms with Gasteiger partial charge in [0.15, 0.2) is 0 Å². The minimum absolute atomic E-state index is 0.165. The topological polar surface area (TPSA) is 60.0 Å². The average Bonchev–Trinajstić information content (AvgIpc) is 2.87. The normalized spacial score (nSPS) is 21.8. The summed E-state index contributed by atoms with van der Waals surface area (Å²) in [4.78, 5) is 13.4. The first-order valence-electron chi connectivity index (χ1n) is 10.1. The summed E-state index contributed by atoms with van der Waals surface area (Å²) in [6.45, 7) is 12.2. The van der Waals surface area contributed by atoms with Crippen LogP contribution < -0.4 is 15.5 Å². The number of hydrogen-bond donors (Lipinski definition) is 1. The highest BCUT2D eigenvalue weighted by Crippen LogP contribution is 2.36. The molecule has 2 fully saturated rings. The van der Waals surface area contributed by atoms with Crippen LogP contribution in [0.25, 0.3) is 0 Å². The van der Waals surface area contributed by atoms with E-state index in [2.05, 4.69) is 45.1 Å². The second-order valence-corrected chi connectivity index (χ2v) is 8.82. The smallest absolute Gasteiger partial charge is 0.494 e. The highest BCUT2D eigenvalue weighted by atomic mass is 16.7. The fourth-order valence-corrected chi connectivity index (χ4v) is 3.69. The molecule has 2 heterocycles. The number of hydrogen-bond acceptors (Lipinski definition) is 5. The van der Waals surface area contributed by atoms with Gasteiger partial charge in [-0.05, 0) is 52.1 Å². The first kappa shape index (κ1) is 21.2. The Morgan fingerprint density at radius 3 is 2.36 bits per heavy atom. The van der Waals surface area contributed by atoms with Crippen LogP contribution in [0.2, 0.25) is 0 Å². The van der Waals surface area contributed by atoms with Gasteiger partial charge in [-0.3, -0.25) is 4.79 Å². The number of benzene rings is 1. The molecule has 0 spiro atoms. The third-order valence-corrected chi connectivity index (χ3v) is 6.36. The molecule has 0 bridgehead atoms. The number of likely N-dealkylation sites (tertiary alicyclic amines) is 1. The zero-order valence-corrected chi connectivity index (χ0v) is 18.0. The molecule has 0 unspecified atom stereocenters. The third-order valence-electron chi connectivity index (χ3n) is 6.36. The molecule has 7 heteroatoms. The van der Waals surface area contributed by atoms with Crippen LogP contribution in [-0.2, 0) is 20.6 Å². The monoisotopic (exact) mass is 388 g/mol. The molecule has 0 aliphatic carbocycles. The fraction of sp³-hybridized carbons (Fsp3) is 0.667. The van der Waals surface area contributed by atoms with Gasteiger partial charge in [-0.15, -0.1) is 0 Å². The van der Waals surface area contributed by atoms with E-state index in [9.17, 15) is 4.79 Å². The van der Waals surface area contributed by atoms with Crippen LogP contribution in [0.3, 0.4) is 0 Å². The Bertz CT molecular complexity index is 698. The predicted octanol–water partition coefficient (Wildman–Crippen LogP) is 2.09. The minimum atomic E-state index is -0.392. The van der Waals surface area contributed by atoms with Crippen molar-refractivity contribution in [2.75, 3.05) is 20.2 Å². The number of methoxy groups -OCH3 is 1. The van der Waals surface area contributed by atoms with Crippen LogP contribution in [0.4, 0.5) is 0 Å². The molecular formula is C21H33BN2O4. The zero-order valence-electron chi connectivity index (χ0n) is 18.0. The van der Waals surface area contributed by atoms with Crippen molar-refractivity contribution in [3.63, 3.8) is 0 Å². The standard InChI is InChI=1S/C21H33BN2O4/c1-15(25)24-11-9-18(10-12-24)23-14-16-7-8-17(13-19(16)26-6)22-27-20(2,3)21(4,5)28-22/h7-8,13,18,23H,9-12,14H2,1-6H3. The quantitative estimate of drug-likeness (QED) is 0.783. The predicted molar refractivity (Wildman–Crippen MR) is 111 cm³/mol. The molecule has 0 radical (unpaired) electrons.